The molecule has 8 heteroatoms. The van der Waals surface area contributed by atoms with E-state index < -0.39 is 17.8 Å². The average molecular weight is 373 g/mol. The first-order chi connectivity index (χ1) is 12.8. The van der Waals surface area contributed by atoms with Crippen LogP contribution in [-0.2, 0) is 19.2 Å². The summed E-state index contributed by atoms with van der Waals surface area (Å²) in [5.74, 6) is -1.97. The Kier molecular flexibility index (Phi) is 5.43. The van der Waals surface area contributed by atoms with Gasteiger partial charge < -0.3 is 20.2 Å². The summed E-state index contributed by atoms with van der Waals surface area (Å²) in [5, 5.41) is 11.7. The third kappa shape index (κ3) is 4.27. The third-order valence-corrected chi connectivity index (χ3v) is 5.13. The Balaban J connectivity index is 1.61. The minimum Gasteiger partial charge on any atom is -0.481 e. The minimum atomic E-state index is -0.813. The summed E-state index contributed by atoms with van der Waals surface area (Å²) in [6.45, 7) is 2.58. The van der Waals surface area contributed by atoms with Gasteiger partial charge in [-0.25, -0.2) is 0 Å². The van der Waals surface area contributed by atoms with E-state index in [0.717, 1.165) is 0 Å². The Morgan fingerprint density at radius 2 is 1.70 bits per heavy atom. The molecule has 0 aliphatic carbocycles. The number of carboxylic acid groups (broad SMARTS) is 1. The van der Waals surface area contributed by atoms with Gasteiger partial charge in [-0.15, -0.1) is 0 Å². The molecule has 2 aliphatic rings. The van der Waals surface area contributed by atoms with Gasteiger partial charge in [0.25, 0.3) is 0 Å². The van der Waals surface area contributed by atoms with Crippen molar-refractivity contribution in [1.82, 2.24) is 4.90 Å². The van der Waals surface area contributed by atoms with E-state index in [9.17, 15) is 19.2 Å². The van der Waals surface area contributed by atoms with Crippen molar-refractivity contribution in [3.8, 4) is 0 Å². The second kappa shape index (κ2) is 7.77. The van der Waals surface area contributed by atoms with Crippen LogP contribution in [0.2, 0.25) is 0 Å². The minimum absolute atomic E-state index is 0.0791. The van der Waals surface area contributed by atoms with Crippen LogP contribution >= 0.6 is 0 Å². The van der Waals surface area contributed by atoms with Gasteiger partial charge in [0, 0.05) is 44.4 Å². The number of carboxylic acids is 1. The smallest absolute Gasteiger partial charge is 0.306 e. The fourth-order valence-electron chi connectivity index (χ4n) is 3.66. The molecule has 8 nitrogen and oxygen atoms in total. The van der Waals surface area contributed by atoms with Crippen molar-refractivity contribution in [2.45, 2.75) is 26.2 Å². The van der Waals surface area contributed by atoms with Crippen molar-refractivity contribution < 1.29 is 24.3 Å². The highest BCUT2D eigenvalue weighted by Gasteiger charge is 2.38. The molecule has 27 heavy (non-hydrogen) atoms. The summed E-state index contributed by atoms with van der Waals surface area (Å²) in [7, 11) is 0. The van der Waals surface area contributed by atoms with Crippen molar-refractivity contribution in [3.05, 3.63) is 24.3 Å². The van der Waals surface area contributed by atoms with Crippen LogP contribution in [0.4, 0.5) is 11.4 Å². The molecule has 2 saturated heterocycles. The van der Waals surface area contributed by atoms with Crippen molar-refractivity contribution in [2.75, 3.05) is 29.9 Å². The zero-order valence-electron chi connectivity index (χ0n) is 15.2. The molecule has 3 amide bonds. The SMILES string of the molecule is CC(=O)Nc1ccc(N2CC(C(=O)N3CCC(C(=O)O)CC3)CC2=O)cc1. The summed E-state index contributed by atoms with van der Waals surface area (Å²) in [6, 6.07) is 6.93. The van der Waals surface area contributed by atoms with E-state index in [0.29, 0.717) is 43.9 Å². The van der Waals surface area contributed by atoms with Gasteiger partial charge in [0.2, 0.25) is 17.7 Å². The van der Waals surface area contributed by atoms with E-state index in [-0.39, 0.29) is 24.1 Å². The summed E-state index contributed by atoms with van der Waals surface area (Å²) < 4.78 is 0. The highest BCUT2D eigenvalue weighted by atomic mass is 16.4. The van der Waals surface area contributed by atoms with Crippen molar-refractivity contribution >= 4 is 35.1 Å². The third-order valence-electron chi connectivity index (χ3n) is 5.13. The summed E-state index contributed by atoms with van der Waals surface area (Å²) >= 11 is 0. The largest absolute Gasteiger partial charge is 0.481 e. The Bertz CT molecular complexity index is 753. The van der Waals surface area contributed by atoms with E-state index in [2.05, 4.69) is 5.32 Å². The molecule has 2 N–H and O–H groups in total. The molecule has 1 aromatic carbocycles. The molecule has 2 aliphatic heterocycles. The molecule has 1 unspecified atom stereocenters. The lowest BCUT2D eigenvalue weighted by Crippen LogP contribution is -2.43. The predicted octanol–water partition coefficient (Wildman–Crippen LogP) is 1.32. The fourth-order valence-corrected chi connectivity index (χ4v) is 3.66. The van der Waals surface area contributed by atoms with E-state index in [1.807, 2.05) is 0 Å². The molecule has 0 saturated carbocycles. The summed E-state index contributed by atoms with van der Waals surface area (Å²) in [5.41, 5.74) is 1.33. The van der Waals surface area contributed by atoms with E-state index in [4.69, 9.17) is 5.11 Å². The highest BCUT2D eigenvalue weighted by molar-refractivity contribution is 6.00. The number of anilines is 2. The zero-order valence-corrected chi connectivity index (χ0v) is 15.2. The zero-order chi connectivity index (χ0) is 19.6. The molecule has 144 valence electrons. The molecule has 2 heterocycles. The number of likely N-dealkylation sites (tertiary alicyclic amines) is 1. The van der Waals surface area contributed by atoms with E-state index >= 15 is 0 Å². The summed E-state index contributed by atoms with van der Waals surface area (Å²) in [4.78, 5) is 50.5. The van der Waals surface area contributed by atoms with Crippen molar-refractivity contribution in [1.29, 1.82) is 0 Å². The van der Waals surface area contributed by atoms with Crippen molar-refractivity contribution in [3.63, 3.8) is 0 Å². The van der Waals surface area contributed by atoms with Gasteiger partial charge >= 0.3 is 5.97 Å². The molecule has 0 bridgehead atoms. The van der Waals surface area contributed by atoms with Gasteiger partial charge in [-0.3, -0.25) is 19.2 Å². The van der Waals surface area contributed by atoms with Gasteiger partial charge in [0.15, 0.2) is 0 Å². The van der Waals surface area contributed by atoms with Gasteiger partial charge in [-0.2, -0.15) is 0 Å². The van der Waals surface area contributed by atoms with Crippen LogP contribution in [0.25, 0.3) is 0 Å². The number of benzene rings is 1. The molecule has 1 aromatic rings. The number of amides is 3. The maximum atomic E-state index is 12.7. The van der Waals surface area contributed by atoms with Gasteiger partial charge in [-0.05, 0) is 37.1 Å². The van der Waals surface area contributed by atoms with E-state index in [1.54, 1.807) is 34.1 Å². The second-order valence-corrected chi connectivity index (χ2v) is 7.07. The lowest BCUT2D eigenvalue weighted by molar-refractivity contribution is -0.146. The normalized spacial score (nSPS) is 20.6. The monoisotopic (exact) mass is 373 g/mol. The Morgan fingerprint density at radius 3 is 2.26 bits per heavy atom. The first-order valence-electron chi connectivity index (χ1n) is 9.04. The number of carbonyl (C=O) groups is 4. The quantitative estimate of drug-likeness (QED) is 0.828. The van der Waals surface area contributed by atoms with Crippen LogP contribution < -0.4 is 10.2 Å². The number of piperidine rings is 1. The Morgan fingerprint density at radius 1 is 1.07 bits per heavy atom. The molecule has 0 aromatic heterocycles. The van der Waals surface area contributed by atoms with Gasteiger partial charge in [0.1, 0.15) is 0 Å². The Labute approximate surface area is 157 Å². The molecule has 1 atom stereocenters. The average Bonchev–Trinajstić information content (AvgIpc) is 3.03. The number of hydrogen-bond donors (Lipinski definition) is 2. The molecule has 3 rings (SSSR count). The van der Waals surface area contributed by atoms with Crippen LogP contribution in [0.5, 0.6) is 0 Å². The maximum absolute atomic E-state index is 12.7. The number of nitrogens with one attached hydrogen (secondary N) is 1. The first kappa shape index (κ1) is 18.9. The van der Waals surface area contributed by atoms with Gasteiger partial charge in [-0.1, -0.05) is 0 Å². The van der Waals surface area contributed by atoms with Crippen LogP contribution in [0.1, 0.15) is 26.2 Å². The van der Waals surface area contributed by atoms with Crippen LogP contribution in [-0.4, -0.2) is 53.3 Å². The molecule has 0 spiro atoms. The van der Waals surface area contributed by atoms with Crippen LogP contribution in [0.3, 0.4) is 0 Å². The standard InChI is InChI=1S/C19H23N3O5/c1-12(23)20-15-2-4-16(5-3-15)22-11-14(10-17(22)24)18(25)21-8-6-13(7-9-21)19(26)27/h2-5,13-14H,6-11H2,1H3,(H,20,23)(H,26,27). The lowest BCUT2D eigenvalue weighted by Gasteiger charge is -2.31. The summed E-state index contributed by atoms with van der Waals surface area (Å²) in [6.07, 6.45) is 1.07. The lowest BCUT2D eigenvalue weighted by atomic mass is 9.95. The maximum Gasteiger partial charge on any atom is 0.306 e. The Hall–Kier alpha value is -2.90. The van der Waals surface area contributed by atoms with Crippen LogP contribution in [0, 0.1) is 11.8 Å². The molecule has 0 radical (unpaired) electrons. The van der Waals surface area contributed by atoms with E-state index in [1.165, 1.54) is 6.92 Å². The number of hydrogen-bond acceptors (Lipinski definition) is 4. The molecular formula is C19H23N3O5. The van der Waals surface area contributed by atoms with Crippen LogP contribution in [0.15, 0.2) is 24.3 Å². The van der Waals surface area contributed by atoms with Crippen molar-refractivity contribution in [2.24, 2.45) is 11.8 Å². The van der Waals surface area contributed by atoms with Gasteiger partial charge in [0.05, 0.1) is 11.8 Å². The highest BCUT2D eigenvalue weighted by Crippen LogP contribution is 2.28. The first-order valence-corrected chi connectivity index (χ1v) is 9.04. The molecule has 2 fully saturated rings. The molecular weight excluding hydrogens is 350 g/mol. The fraction of sp³-hybridized carbons (Fsp3) is 0.474. The predicted molar refractivity (Wildman–Crippen MR) is 98.1 cm³/mol. The number of nitrogens with zero attached hydrogens (tertiary/aromatic N) is 2. The number of rotatable bonds is 4. The second-order valence-electron chi connectivity index (χ2n) is 7.07. The number of aliphatic carboxylic acids is 1. The number of carbonyl (C=O) groups excluding carboxylic acids is 3. The topological polar surface area (TPSA) is 107 Å².